The minimum atomic E-state index is -2.77. The zero-order chi connectivity index (χ0) is 27.4. The van der Waals surface area contributed by atoms with Crippen LogP contribution in [0.15, 0.2) is 18.3 Å². The third-order valence-corrected chi connectivity index (χ3v) is 6.33. The third kappa shape index (κ3) is 3.92. The first kappa shape index (κ1) is 19.2. The van der Waals surface area contributed by atoms with Gasteiger partial charge >= 0.3 is 0 Å². The summed E-state index contributed by atoms with van der Waals surface area (Å²) in [7, 11) is 3.60. The van der Waals surface area contributed by atoms with Crippen LogP contribution in [-0.2, 0) is 11.8 Å². The van der Waals surface area contributed by atoms with Crippen molar-refractivity contribution in [2.24, 2.45) is 13.0 Å². The van der Waals surface area contributed by atoms with Crippen molar-refractivity contribution in [1.82, 2.24) is 35.5 Å². The smallest absolute Gasteiger partial charge is 0.273 e. The largest absolute Gasteiger partial charge is 0.363 e. The van der Waals surface area contributed by atoms with Crippen molar-refractivity contribution in [3.63, 3.8) is 0 Å². The first-order valence-electron chi connectivity index (χ1n) is 12.5. The van der Waals surface area contributed by atoms with Crippen molar-refractivity contribution in [3.8, 4) is 11.3 Å². The van der Waals surface area contributed by atoms with Crippen LogP contribution < -0.4 is 20.9 Å². The van der Waals surface area contributed by atoms with Gasteiger partial charge in [0.2, 0.25) is 5.91 Å². The number of aromatic nitrogens is 6. The predicted octanol–water partition coefficient (Wildman–Crippen LogP) is 1.97. The summed E-state index contributed by atoms with van der Waals surface area (Å²) in [6.45, 7) is -0.801. The number of aryl methyl sites for hydroxylation is 1. The number of amides is 2. The number of nitrogens with one attached hydrogen (secondary N) is 3. The molecule has 1 aliphatic carbocycles. The Morgan fingerprint density at radius 2 is 2.03 bits per heavy atom. The van der Waals surface area contributed by atoms with Gasteiger partial charge in [-0.3, -0.25) is 9.59 Å². The summed E-state index contributed by atoms with van der Waals surface area (Å²) < 4.78 is 35.4. The van der Waals surface area contributed by atoms with E-state index in [1.54, 1.807) is 19.3 Å². The second-order valence-corrected chi connectivity index (χ2v) is 8.59. The van der Waals surface area contributed by atoms with Crippen LogP contribution in [0.3, 0.4) is 0 Å². The van der Waals surface area contributed by atoms with E-state index in [0.717, 1.165) is 11.3 Å². The topological polar surface area (TPSA) is 143 Å². The van der Waals surface area contributed by atoms with Gasteiger partial charge in [-0.15, -0.1) is 10.2 Å². The number of pyridine rings is 1. The highest BCUT2D eigenvalue weighted by atomic mass is 19.1. The molecule has 0 saturated heterocycles. The number of hydrogen-bond acceptors (Lipinski definition) is 9. The molecule has 0 aromatic carbocycles. The van der Waals surface area contributed by atoms with Gasteiger partial charge in [0.1, 0.15) is 17.6 Å². The summed E-state index contributed by atoms with van der Waals surface area (Å²) in [6, 6.07) is 3.00. The first-order chi connectivity index (χ1) is 17.9. The van der Waals surface area contributed by atoms with Crippen LogP contribution >= 0.6 is 0 Å². The van der Waals surface area contributed by atoms with E-state index in [0.29, 0.717) is 17.2 Å². The highest BCUT2D eigenvalue weighted by molar-refractivity contribution is 6.00. The van der Waals surface area contributed by atoms with Crippen molar-refractivity contribution >= 4 is 34.8 Å². The number of alkyl halides is 1. The normalized spacial score (nSPS) is 22.0. The van der Waals surface area contributed by atoms with E-state index in [1.807, 2.05) is 24.2 Å². The molecule has 2 amide bonds. The number of hydrogen-bond donors (Lipinski definition) is 3. The van der Waals surface area contributed by atoms with Gasteiger partial charge in [-0.05, 0) is 25.8 Å². The summed E-state index contributed by atoms with van der Waals surface area (Å²) in [5.74, 6) is -1.56. The van der Waals surface area contributed by atoms with Crippen LogP contribution in [0.5, 0.6) is 0 Å². The summed E-state index contributed by atoms with van der Waals surface area (Å²) >= 11 is 0. The van der Waals surface area contributed by atoms with E-state index < -0.39 is 30.9 Å². The fourth-order valence-corrected chi connectivity index (χ4v) is 4.26. The molecule has 0 bridgehead atoms. The fraction of sp³-hybridized carbons (Fsp3) is 0.409. The molecule has 0 spiro atoms. The molecule has 182 valence electrons. The Kier molecular flexibility index (Phi) is 4.69. The molecule has 35 heavy (non-hydrogen) atoms. The Morgan fingerprint density at radius 1 is 1.23 bits per heavy atom. The van der Waals surface area contributed by atoms with Crippen LogP contribution in [0.25, 0.3) is 11.3 Å². The van der Waals surface area contributed by atoms with Gasteiger partial charge in [0.25, 0.3) is 5.91 Å². The van der Waals surface area contributed by atoms with Gasteiger partial charge in [-0.25, -0.2) is 9.37 Å². The highest BCUT2D eigenvalue weighted by Gasteiger charge is 2.35. The van der Waals surface area contributed by atoms with E-state index in [2.05, 4.69) is 36.0 Å². The van der Waals surface area contributed by atoms with Crippen molar-refractivity contribution in [1.29, 1.82) is 0 Å². The van der Waals surface area contributed by atoms with Gasteiger partial charge in [0.15, 0.2) is 17.3 Å². The number of halogens is 1. The molecule has 13 heteroatoms. The Labute approximate surface area is 204 Å². The van der Waals surface area contributed by atoms with Crippen LogP contribution in [0.2, 0.25) is 0 Å². The number of carbonyl (C=O) groups excluding carboxylic acids is 2. The van der Waals surface area contributed by atoms with Crippen LogP contribution in [0, 0.1) is 5.92 Å². The molecule has 1 aliphatic heterocycles. The van der Waals surface area contributed by atoms with Crippen molar-refractivity contribution in [2.45, 2.75) is 32.0 Å². The van der Waals surface area contributed by atoms with Crippen LogP contribution in [-0.4, -0.2) is 62.2 Å². The van der Waals surface area contributed by atoms with Crippen molar-refractivity contribution in [2.75, 3.05) is 29.6 Å². The van der Waals surface area contributed by atoms with E-state index in [-0.39, 0.29) is 36.1 Å². The molecule has 3 N–H and O–H groups in total. The first-order valence-corrected chi connectivity index (χ1v) is 11.0. The van der Waals surface area contributed by atoms with Gasteiger partial charge in [0, 0.05) is 48.9 Å². The average molecular weight is 484 g/mol. The van der Waals surface area contributed by atoms with Crippen LogP contribution in [0.4, 0.5) is 27.4 Å². The Balaban J connectivity index is 1.53. The summed E-state index contributed by atoms with van der Waals surface area (Å²) in [6.07, 6.45) is 0.800. The summed E-state index contributed by atoms with van der Waals surface area (Å²) in [5.41, 5.74) is 2.63. The molecule has 2 aliphatic rings. The molecule has 0 radical (unpaired) electrons. The summed E-state index contributed by atoms with van der Waals surface area (Å²) in [5, 5.41) is 24.3. The van der Waals surface area contributed by atoms with E-state index in [4.69, 9.17) is 4.11 Å². The molecule has 3 aromatic heterocycles. The SMILES string of the molecule is [2H]C([2H])([2H])NC(=O)c1nnc(NC(=O)C2CC(F)C2)cc1Nc1nccc2c1N(C)[C@@H](C)c1nn(C)nc1-2. The zero-order valence-corrected chi connectivity index (χ0v) is 19.2. The predicted molar refractivity (Wildman–Crippen MR) is 126 cm³/mol. The molecule has 1 atom stereocenters. The van der Waals surface area contributed by atoms with Gasteiger partial charge in [0.05, 0.1) is 17.4 Å². The Hall–Kier alpha value is -4.16. The lowest BCUT2D eigenvalue weighted by Gasteiger charge is -2.33. The molecule has 3 aromatic rings. The molecular weight excluding hydrogens is 455 g/mol. The lowest BCUT2D eigenvalue weighted by atomic mass is 9.83. The maximum Gasteiger partial charge on any atom is 0.273 e. The average Bonchev–Trinajstić information content (AvgIpc) is 3.21. The van der Waals surface area contributed by atoms with Crippen molar-refractivity contribution in [3.05, 3.63) is 29.7 Å². The zero-order valence-electron chi connectivity index (χ0n) is 22.2. The van der Waals surface area contributed by atoms with Gasteiger partial charge < -0.3 is 20.9 Å². The fourth-order valence-electron chi connectivity index (χ4n) is 4.26. The van der Waals surface area contributed by atoms with E-state index in [9.17, 15) is 14.0 Å². The maximum absolute atomic E-state index is 13.2. The second-order valence-electron chi connectivity index (χ2n) is 8.59. The Morgan fingerprint density at radius 3 is 2.77 bits per heavy atom. The minimum absolute atomic E-state index is 0.00738. The monoisotopic (exact) mass is 483 g/mol. The molecule has 5 rings (SSSR count). The molecule has 1 fully saturated rings. The number of anilines is 4. The van der Waals surface area contributed by atoms with E-state index in [1.165, 1.54) is 10.9 Å². The third-order valence-electron chi connectivity index (χ3n) is 6.33. The lowest BCUT2D eigenvalue weighted by molar-refractivity contribution is -0.124. The molecule has 4 heterocycles. The molecular formula is C22H25FN10O2. The quantitative estimate of drug-likeness (QED) is 0.496. The molecule has 12 nitrogen and oxygen atoms in total. The standard InChI is InChI=1S/C22H25FN10O2/c1-10-16-17(31-33(4)30-16)13-5-6-25-20(19(13)32(10)3)26-14-9-15(28-29-18(14)22(35)24-2)27-21(34)11-7-12(23)8-11/h5-6,9-12H,7-8H2,1-4H3,(H,24,35)(H2,25,26,27,28,34)/t10-,11?,12?/m0/s1/i2D3. The minimum Gasteiger partial charge on any atom is -0.363 e. The van der Waals surface area contributed by atoms with Crippen molar-refractivity contribution < 1.29 is 18.1 Å². The number of fused-ring (bicyclic) bond motifs is 3. The van der Waals surface area contributed by atoms with Gasteiger partial charge in [-0.2, -0.15) is 15.0 Å². The number of rotatable bonds is 5. The lowest BCUT2D eigenvalue weighted by Crippen LogP contribution is -2.35. The molecule has 0 unspecified atom stereocenters. The summed E-state index contributed by atoms with van der Waals surface area (Å²) in [4.78, 5) is 33.1. The number of nitrogens with zero attached hydrogens (tertiary/aromatic N) is 7. The Bertz CT molecular complexity index is 1420. The maximum atomic E-state index is 13.2. The van der Waals surface area contributed by atoms with E-state index >= 15 is 0 Å². The second kappa shape index (κ2) is 8.56. The molecule has 1 saturated carbocycles. The van der Waals surface area contributed by atoms with Crippen LogP contribution in [0.1, 0.15) is 46.1 Å². The van der Waals surface area contributed by atoms with Gasteiger partial charge in [-0.1, -0.05) is 0 Å². The highest BCUT2D eigenvalue weighted by Crippen LogP contribution is 2.45. The number of carbonyl (C=O) groups is 2.